The standard InChI is InChI=1S/C14H13F3N4O3/c15-14(16,17)9-3-1-4-10(7-9)21-8-11(19-20-21)13(24)18-6-2-5-12(22)23/h1,3-4,7-8H,2,5-6H2,(H,18,24)(H,22,23). The Morgan fingerprint density at radius 2 is 2.04 bits per heavy atom. The molecule has 7 nitrogen and oxygen atoms in total. The van der Waals surface area contributed by atoms with Crippen molar-refractivity contribution in [1.82, 2.24) is 20.3 Å². The van der Waals surface area contributed by atoms with Crippen LogP contribution in [-0.2, 0) is 11.0 Å². The zero-order chi connectivity index (χ0) is 17.7. The molecule has 0 atom stereocenters. The Balaban J connectivity index is 2.05. The van der Waals surface area contributed by atoms with Gasteiger partial charge in [-0.15, -0.1) is 5.10 Å². The second kappa shape index (κ2) is 7.11. The molecule has 2 N–H and O–H groups in total. The highest BCUT2D eigenvalue weighted by Crippen LogP contribution is 2.30. The molecular weight excluding hydrogens is 329 g/mol. The van der Waals surface area contributed by atoms with Crippen LogP contribution in [0.5, 0.6) is 0 Å². The molecule has 0 aliphatic rings. The third kappa shape index (κ3) is 4.54. The number of hydrogen-bond donors (Lipinski definition) is 2. The molecule has 0 aliphatic carbocycles. The minimum atomic E-state index is -4.49. The lowest BCUT2D eigenvalue weighted by Crippen LogP contribution is -2.25. The molecule has 0 saturated heterocycles. The zero-order valence-corrected chi connectivity index (χ0v) is 12.2. The van der Waals surface area contributed by atoms with Crippen LogP contribution in [0.2, 0.25) is 0 Å². The third-order valence-electron chi connectivity index (χ3n) is 3.02. The maximum Gasteiger partial charge on any atom is 0.416 e. The van der Waals surface area contributed by atoms with Crippen molar-refractivity contribution in [1.29, 1.82) is 0 Å². The predicted molar refractivity (Wildman–Crippen MR) is 75.6 cm³/mol. The van der Waals surface area contributed by atoms with Crippen LogP contribution >= 0.6 is 0 Å². The van der Waals surface area contributed by atoms with Crippen LogP contribution in [0.3, 0.4) is 0 Å². The summed E-state index contributed by atoms with van der Waals surface area (Å²) in [5, 5.41) is 18.2. The minimum Gasteiger partial charge on any atom is -0.481 e. The Morgan fingerprint density at radius 3 is 2.71 bits per heavy atom. The first-order valence-electron chi connectivity index (χ1n) is 6.87. The highest BCUT2D eigenvalue weighted by Gasteiger charge is 2.30. The summed E-state index contributed by atoms with van der Waals surface area (Å²) < 4.78 is 39.1. The van der Waals surface area contributed by atoms with Gasteiger partial charge in [-0.25, -0.2) is 4.68 Å². The molecule has 0 fully saturated rings. The minimum absolute atomic E-state index is 0.0808. The van der Waals surface area contributed by atoms with E-state index in [0.717, 1.165) is 16.8 Å². The lowest BCUT2D eigenvalue weighted by molar-refractivity contribution is -0.138. The van der Waals surface area contributed by atoms with Crippen molar-refractivity contribution in [2.24, 2.45) is 0 Å². The number of alkyl halides is 3. The number of aromatic nitrogens is 3. The summed E-state index contributed by atoms with van der Waals surface area (Å²) in [5.41, 5.74) is -0.805. The number of nitrogens with one attached hydrogen (secondary N) is 1. The van der Waals surface area contributed by atoms with Crippen LogP contribution in [0.15, 0.2) is 30.5 Å². The van der Waals surface area contributed by atoms with E-state index >= 15 is 0 Å². The van der Waals surface area contributed by atoms with E-state index in [1.807, 2.05) is 0 Å². The Bertz CT molecular complexity index is 743. The highest BCUT2D eigenvalue weighted by atomic mass is 19.4. The van der Waals surface area contributed by atoms with Gasteiger partial charge < -0.3 is 10.4 Å². The summed E-state index contributed by atoms with van der Waals surface area (Å²) in [6.07, 6.45) is -3.12. The second-order valence-electron chi connectivity index (χ2n) is 4.85. The summed E-state index contributed by atoms with van der Waals surface area (Å²) in [4.78, 5) is 22.2. The van der Waals surface area contributed by atoms with Gasteiger partial charge in [0.15, 0.2) is 5.69 Å². The number of aliphatic carboxylic acids is 1. The van der Waals surface area contributed by atoms with Gasteiger partial charge >= 0.3 is 12.1 Å². The van der Waals surface area contributed by atoms with Gasteiger partial charge in [0.2, 0.25) is 0 Å². The number of halogens is 3. The average Bonchev–Trinajstić information content (AvgIpc) is 3.00. The molecule has 2 aromatic rings. The number of hydrogen-bond acceptors (Lipinski definition) is 4. The Kier molecular flexibility index (Phi) is 5.17. The lowest BCUT2D eigenvalue weighted by atomic mass is 10.2. The topological polar surface area (TPSA) is 97.1 Å². The van der Waals surface area contributed by atoms with Crippen LogP contribution in [-0.4, -0.2) is 38.5 Å². The van der Waals surface area contributed by atoms with Crippen molar-refractivity contribution in [3.05, 3.63) is 41.7 Å². The Morgan fingerprint density at radius 1 is 1.29 bits per heavy atom. The van der Waals surface area contributed by atoms with Crippen molar-refractivity contribution in [3.63, 3.8) is 0 Å². The molecule has 1 amide bonds. The summed E-state index contributed by atoms with van der Waals surface area (Å²) in [6.45, 7) is 0.140. The molecular formula is C14H13F3N4O3. The quantitative estimate of drug-likeness (QED) is 0.781. The van der Waals surface area contributed by atoms with Crippen molar-refractivity contribution in [2.45, 2.75) is 19.0 Å². The summed E-state index contributed by atoms with van der Waals surface area (Å²) in [7, 11) is 0. The normalized spacial score (nSPS) is 11.3. The molecule has 0 unspecified atom stereocenters. The maximum atomic E-state index is 12.7. The van der Waals surface area contributed by atoms with Crippen LogP contribution in [0.25, 0.3) is 5.69 Å². The molecule has 2 rings (SSSR count). The predicted octanol–water partition coefficient (Wildman–Crippen LogP) is 1.88. The van der Waals surface area contributed by atoms with Crippen molar-refractivity contribution in [2.75, 3.05) is 6.54 Å². The number of carbonyl (C=O) groups is 2. The monoisotopic (exact) mass is 342 g/mol. The molecule has 128 valence electrons. The molecule has 1 aromatic carbocycles. The van der Waals surface area contributed by atoms with E-state index in [2.05, 4.69) is 15.6 Å². The van der Waals surface area contributed by atoms with Gasteiger partial charge in [0, 0.05) is 13.0 Å². The first-order chi connectivity index (χ1) is 11.3. The zero-order valence-electron chi connectivity index (χ0n) is 12.2. The molecule has 0 saturated carbocycles. The van der Waals surface area contributed by atoms with Crippen molar-refractivity contribution in [3.8, 4) is 5.69 Å². The van der Waals surface area contributed by atoms with E-state index in [1.165, 1.54) is 18.3 Å². The number of amides is 1. The molecule has 10 heteroatoms. The number of nitrogens with zero attached hydrogens (tertiary/aromatic N) is 3. The van der Waals surface area contributed by atoms with E-state index in [0.29, 0.717) is 0 Å². The van der Waals surface area contributed by atoms with Gasteiger partial charge in [-0.2, -0.15) is 13.2 Å². The van der Waals surface area contributed by atoms with E-state index < -0.39 is 23.6 Å². The number of benzene rings is 1. The van der Waals surface area contributed by atoms with Gasteiger partial charge in [0.1, 0.15) is 0 Å². The third-order valence-corrected chi connectivity index (χ3v) is 3.02. The first kappa shape index (κ1) is 17.4. The number of carboxylic acid groups (broad SMARTS) is 1. The fourth-order valence-electron chi connectivity index (χ4n) is 1.85. The van der Waals surface area contributed by atoms with Gasteiger partial charge in [0.25, 0.3) is 5.91 Å². The molecule has 0 radical (unpaired) electrons. The molecule has 0 spiro atoms. The van der Waals surface area contributed by atoms with Gasteiger partial charge in [-0.3, -0.25) is 9.59 Å². The molecule has 24 heavy (non-hydrogen) atoms. The fraction of sp³-hybridized carbons (Fsp3) is 0.286. The Hall–Kier alpha value is -2.91. The average molecular weight is 342 g/mol. The number of carbonyl (C=O) groups excluding carboxylic acids is 1. The van der Waals surface area contributed by atoms with Crippen molar-refractivity contribution < 1.29 is 27.9 Å². The van der Waals surface area contributed by atoms with Crippen molar-refractivity contribution >= 4 is 11.9 Å². The number of rotatable bonds is 6. The molecule has 0 aliphatic heterocycles. The molecule has 1 aromatic heterocycles. The molecule has 0 bridgehead atoms. The van der Waals surface area contributed by atoms with Crippen LogP contribution < -0.4 is 5.32 Å². The summed E-state index contributed by atoms with van der Waals surface area (Å²) in [5.74, 6) is -1.56. The lowest BCUT2D eigenvalue weighted by Gasteiger charge is -2.08. The van der Waals surface area contributed by atoms with Gasteiger partial charge in [0.05, 0.1) is 17.4 Å². The summed E-state index contributed by atoms with van der Waals surface area (Å²) in [6, 6.07) is 4.45. The summed E-state index contributed by atoms with van der Waals surface area (Å²) >= 11 is 0. The second-order valence-corrected chi connectivity index (χ2v) is 4.85. The van der Waals surface area contributed by atoms with Crippen LogP contribution in [0, 0.1) is 0 Å². The van der Waals surface area contributed by atoms with Gasteiger partial charge in [-0.1, -0.05) is 11.3 Å². The highest BCUT2D eigenvalue weighted by molar-refractivity contribution is 5.91. The smallest absolute Gasteiger partial charge is 0.416 e. The van der Waals surface area contributed by atoms with Gasteiger partial charge in [-0.05, 0) is 24.6 Å². The molecule has 1 heterocycles. The first-order valence-corrected chi connectivity index (χ1v) is 6.87. The van der Waals surface area contributed by atoms with Crippen LogP contribution in [0.4, 0.5) is 13.2 Å². The van der Waals surface area contributed by atoms with E-state index in [1.54, 1.807) is 0 Å². The van der Waals surface area contributed by atoms with Crippen LogP contribution in [0.1, 0.15) is 28.9 Å². The largest absolute Gasteiger partial charge is 0.481 e. The van der Waals surface area contributed by atoms with E-state index in [-0.39, 0.29) is 30.8 Å². The fourth-order valence-corrected chi connectivity index (χ4v) is 1.85. The Labute approximate surface area is 134 Å². The van der Waals surface area contributed by atoms with E-state index in [9.17, 15) is 22.8 Å². The number of carboxylic acids is 1. The van der Waals surface area contributed by atoms with E-state index in [4.69, 9.17) is 5.11 Å². The SMILES string of the molecule is O=C(O)CCCNC(=O)c1cn(-c2cccc(C(F)(F)F)c2)nn1. The maximum absolute atomic E-state index is 12.7.